The Hall–Kier alpha value is -1.72. The van der Waals surface area contributed by atoms with Crippen molar-refractivity contribution in [3.63, 3.8) is 0 Å². The van der Waals surface area contributed by atoms with Gasteiger partial charge >= 0.3 is 0 Å². The van der Waals surface area contributed by atoms with Gasteiger partial charge in [-0.05, 0) is 18.1 Å². The second-order valence-corrected chi connectivity index (χ2v) is 4.31. The van der Waals surface area contributed by atoms with Gasteiger partial charge in [-0.3, -0.25) is 0 Å². The summed E-state index contributed by atoms with van der Waals surface area (Å²) in [7, 11) is 1.69. The van der Waals surface area contributed by atoms with Gasteiger partial charge in [0.1, 0.15) is 0 Å². The number of hydrogen-bond donors (Lipinski definition) is 1. The van der Waals surface area contributed by atoms with Gasteiger partial charge in [-0.2, -0.15) is 0 Å². The average molecular weight is 260 g/mol. The summed E-state index contributed by atoms with van der Waals surface area (Å²) >= 11 is 0. The van der Waals surface area contributed by atoms with Crippen LogP contribution in [0.25, 0.3) is 5.69 Å². The van der Waals surface area contributed by atoms with Crippen molar-refractivity contribution in [1.29, 1.82) is 0 Å². The quantitative estimate of drug-likeness (QED) is 0.768. The van der Waals surface area contributed by atoms with Gasteiger partial charge in [-0.15, -0.1) is 5.10 Å². The molecule has 0 spiro atoms. The van der Waals surface area contributed by atoms with Crippen molar-refractivity contribution in [1.82, 2.24) is 20.3 Å². The third kappa shape index (κ3) is 3.62. The molecule has 1 heterocycles. The third-order valence-corrected chi connectivity index (χ3v) is 2.95. The maximum Gasteiger partial charge on any atom is 0.0969 e. The smallest absolute Gasteiger partial charge is 0.0969 e. The summed E-state index contributed by atoms with van der Waals surface area (Å²) in [5, 5.41) is 11.6. The first kappa shape index (κ1) is 13.7. The molecule has 1 aromatic carbocycles. The molecule has 0 saturated heterocycles. The minimum Gasteiger partial charge on any atom is -0.383 e. The van der Waals surface area contributed by atoms with Crippen LogP contribution in [0.5, 0.6) is 0 Å². The van der Waals surface area contributed by atoms with Crippen LogP contribution in [-0.4, -0.2) is 35.3 Å². The first-order chi connectivity index (χ1) is 9.35. The molecule has 102 valence electrons. The predicted octanol–water partition coefficient (Wildman–Crippen LogP) is 1.57. The summed E-state index contributed by atoms with van der Waals surface area (Å²) in [5.41, 5.74) is 3.30. The van der Waals surface area contributed by atoms with Crippen LogP contribution < -0.4 is 5.32 Å². The fourth-order valence-corrected chi connectivity index (χ4v) is 1.92. The Kier molecular flexibility index (Phi) is 5.06. The number of aryl methyl sites for hydroxylation is 1. The van der Waals surface area contributed by atoms with Crippen LogP contribution >= 0.6 is 0 Å². The zero-order valence-electron chi connectivity index (χ0n) is 11.5. The van der Waals surface area contributed by atoms with Gasteiger partial charge in [-0.1, -0.05) is 30.3 Å². The number of ether oxygens (including phenoxy) is 1. The number of methoxy groups -OCH3 is 1. The second-order valence-electron chi connectivity index (χ2n) is 4.31. The number of para-hydroxylation sites is 1. The molecule has 1 N–H and O–H groups in total. The lowest BCUT2D eigenvalue weighted by Gasteiger charge is -2.05. The van der Waals surface area contributed by atoms with Crippen molar-refractivity contribution < 1.29 is 4.74 Å². The van der Waals surface area contributed by atoms with Gasteiger partial charge in [-0.25, -0.2) is 4.68 Å². The average Bonchev–Trinajstić information content (AvgIpc) is 2.92. The topological polar surface area (TPSA) is 52.0 Å². The van der Waals surface area contributed by atoms with E-state index < -0.39 is 0 Å². The van der Waals surface area contributed by atoms with Gasteiger partial charge in [0.15, 0.2) is 0 Å². The fraction of sp³-hybridized carbons (Fsp3) is 0.429. The van der Waals surface area contributed by atoms with Crippen molar-refractivity contribution in [3.8, 4) is 5.69 Å². The summed E-state index contributed by atoms with van der Waals surface area (Å²) in [5.74, 6) is 0. The summed E-state index contributed by atoms with van der Waals surface area (Å²) in [6, 6.07) is 8.25. The Labute approximate surface area is 113 Å². The Bertz CT molecular complexity index is 510. The number of hydrogen-bond acceptors (Lipinski definition) is 4. The molecule has 0 amide bonds. The van der Waals surface area contributed by atoms with Crippen molar-refractivity contribution >= 4 is 0 Å². The number of nitrogens with one attached hydrogen (secondary N) is 1. The number of nitrogens with zero attached hydrogens (tertiary/aromatic N) is 3. The van der Waals surface area contributed by atoms with Crippen LogP contribution in [0, 0.1) is 0 Å². The summed E-state index contributed by atoms with van der Waals surface area (Å²) in [6.45, 7) is 4.36. The van der Waals surface area contributed by atoms with Crippen molar-refractivity contribution in [2.24, 2.45) is 0 Å². The zero-order chi connectivity index (χ0) is 13.5. The number of rotatable bonds is 7. The lowest BCUT2D eigenvalue weighted by Crippen LogP contribution is -2.18. The molecule has 1 aromatic heterocycles. The van der Waals surface area contributed by atoms with Crippen LogP contribution in [0.15, 0.2) is 30.5 Å². The molecule has 5 nitrogen and oxygen atoms in total. The van der Waals surface area contributed by atoms with Crippen molar-refractivity contribution in [3.05, 3.63) is 41.7 Å². The van der Waals surface area contributed by atoms with E-state index in [4.69, 9.17) is 4.74 Å². The minimum absolute atomic E-state index is 0.701. The molecule has 0 saturated carbocycles. The van der Waals surface area contributed by atoms with E-state index in [2.05, 4.69) is 34.7 Å². The molecule has 0 unspecified atom stereocenters. The highest BCUT2D eigenvalue weighted by molar-refractivity contribution is 5.40. The van der Waals surface area contributed by atoms with E-state index in [1.807, 2.05) is 23.0 Å². The van der Waals surface area contributed by atoms with Crippen LogP contribution in [0.4, 0.5) is 0 Å². The molecule has 0 bridgehead atoms. The fourth-order valence-electron chi connectivity index (χ4n) is 1.92. The van der Waals surface area contributed by atoms with Crippen LogP contribution in [-0.2, 0) is 17.7 Å². The number of aromatic nitrogens is 3. The molecule has 0 atom stereocenters. The second kappa shape index (κ2) is 7.01. The molecule has 0 aliphatic carbocycles. The highest BCUT2D eigenvalue weighted by Gasteiger charge is 2.05. The van der Waals surface area contributed by atoms with Crippen molar-refractivity contribution in [2.75, 3.05) is 20.3 Å². The van der Waals surface area contributed by atoms with Crippen LogP contribution in [0.2, 0.25) is 0 Å². The van der Waals surface area contributed by atoms with E-state index in [1.54, 1.807) is 7.11 Å². The van der Waals surface area contributed by atoms with E-state index in [0.29, 0.717) is 13.2 Å². The minimum atomic E-state index is 0.701. The predicted molar refractivity (Wildman–Crippen MR) is 74.3 cm³/mol. The largest absolute Gasteiger partial charge is 0.383 e. The number of benzene rings is 1. The highest BCUT2D eigenvalue weighted by atomic mass is 16.5. The molecule has 5 heteroatoms. The third-order valence-electron chi connectivity index (χ3n) is 2.95. The molecule has 0 radical (unpaired) electrons. The van der Waals surface area contributed by atoms with Gasteiger partial charge in [0.2, 0.25) is 0 Å². The van der Waals surface area contributed by atoms with E-state index in [9.17, 15) is 0 Å². The lowest BCUT2D eigenvalue weighted by molar-refractivity contribution is 0.199. The summed E-state index contributed by atoms with van der Waals surface area (Å²) in [4.78, 5) is 0. The molecular formula is C14H20N4O. The molecule has 19 heavy (non-hydrogen) atoms. The van der Waals surface area contributed by atoms with Crippen LogP contribution in [0.3, 0.4) is 0 Å². The van der Waals surface area contributed by atoms with Gasteiger partial charge in [0.25, 0.3) is 0 Å². The zero-order valence-corrected chi connectivity index (χ0v) is 11.5. The molecule has 2 rings (SSSR count). The maximum absolute atomic E-state index is 4.98. The normalized spacial score (nSPS) is 10.8. The molecule has 0 fully saturated rings. The molecule has 0 aliphatic rings. The van der Waals surface area contributed by atoms with E-state index in [0.717, 1.165) is 24.3 Å². The lowest BCUT2D eigenvalue weighted by atomic mass is 10.1. The Morgan fingerprint density at radius 2 is 2.16 bits per heavy atom. The van der Waals surface area contributed by atoms with E-state index in [1.165, 1.54) is 5.56 Å². The monoisotopic (exact) mass is 260 g/mol. The van der Waals surface area contributed by atoms with Gasteiger partial charge in [0.05, 0.1) is 24.2 Å². The van der Waals surface area contributed by atoms with E-state index >= 15 is 0 Å². The van der Waals surface area contributed by atoms with Crippen LogP contribution in [0.1, 0.15) is 18.2 Å². The summed E-state index contributed by atoms with van der Waals surface area (Å²) < 4.78 is 6.82. The van der Waals surface area contributed by atoms with Crippen molar-refractivity contribution in [2.45, 2.75) is 19.9 Å². The molecule has 0 aliphatic heterocycles. The standard InChI is InChI=1S/C14H20N4O/c1-3-12-6-4-5-7-14(12)18-11-13(16-17-18)10-15-8-9-19-2/h4-7,11,15H,3,8-10H2,1-2H3. The Balaban J connectivity index is 2.04. The molecular weight excluding hydrogens is 240 g/mol. The molecule has 2 aromatic rings. The first-order valence-electron chi connectivity index (χ1n) is 6.54. The Morgan fingerprint density at radius 1 is 1.32 bits per heavy atom. The Morgan fingerprint density at radius 3 is 2.95 bits per heavy atom. The SMILES string of the molecule is CCc1ccccc1-n1cc(CNCCOC)nn1. The highest BCUT2D eigenvalue weighted by Crippen LogP contribution is 2.13. The first-order valence-corrected chi connectivity index (χ1v) is 6.54. The maximum atomic E-state index is 4.98. The van der Waals surface area contributed by atoms with E-state index in [-0.39, 0.29) is 0 Å². The summed E-state index contributed by atoms with van der Waals surface area (Å²) in [6.07, 6.45) is 2.95. The van der Waals surface area contributed by atoms with Gasteiger partial charge in [0, 0.05) is 20.2 Å². The van der Waals surface area contributed by atoms with Gasteiger partial charge < -0.3 is 10.1 Å².